The first-order valence-corrected chi connectivity index (χ1v) is 14.0. The molecule has 37 heavy (non-hydrogen) atoms. The minimum atomic E-state index is -5.44. The van der Waals surface area contributed by atoms with Gasteiger partial charge in [-0.1, -0.05) is 90.1 Å². The molecule has 1 aromatic heterocycles. The maximum absolute atomic E-state index is 14.3. The zero-order valence-corrected chi connectivity index (χ0v) is 23.9. The molecule has 0 radical (unpaired) electrons. The van der Waals surface area contributed by atoms with Crippen molar-refractivity contribution in [1.29, 1.82) is 0 Å². The molecule has 0 N–H and O–H groups in total. The molecule has 0 spiro atoms. The second-order valence-corrected chi connectivity index (χ2v) is 13.5. The summed E-state index contributed by atoms with van der Waals surface area (Å²) in [5.74, 6) is 0. The van der Waals surface area contributed by atoms with Crippen molar-refractivity contribution in [3.63, 3.8) is 0 Å². The predicted molar refractivity (Wildman–Crippen MR) is 152 cm³/mol. The summed E-state index contributed by atoms with van der Waals surface area (Å²) in [6.07, 6.45) is 2.14. The molecule has 1 heterocycles. The van der Waals surface area contributed by atoms with Gasteiger partial charge in [0.25, 0.3) is 0 Å². The van der Waals surface area contributed by atoms with Gasteiger partial charge in [0.2, 0.25) is 16.9 Å². The highest BCUT2D eigenvalue weighted by molar-refractivity contribution is 8.21. The first-order chi connectivity index (χ1) is 17.1. The van der Waals surface area contributed by atoms with E-state index in [1.807, 2.05) is 36.4 Å². The van der Waals surface area contributed by atoms with E-state index in [9.17, 15) is 11.7 Å². The van der Waals surface area contributed by atoms with E-state index in [-0.39, 0.29) is 16.4 Å². The van der Waals surface area contributed by atoms with Gasteiger partial charge < -0.3 is 0 Å². The van der Waals surface area contributed by atoms with Crippen LogP contribution in [0.4, 0.5) is 11.7 Å². The van der Waals surface area contributed by atoms with Crippen LogP contribution in [0.1, 0.15) is 58.2 Å². The zero-order valence-electron chi connectivity index (χ0n) is 23.0. The van der Waals surface area contributed by atoms with Crippen LogP contribution in [-0.4, -0.2) is 0 Å². The molecule has 3 aromatic carbocycles. The van der Waals surface area contributed by atoms with Crippen molar-refractivity contribution in [2.75, 3.05) is 0 Å². The fraction of sp³-hybridized carbons (Fsp3) is 0.344. The molecule has 0 atom stereocenters. The summed E-state index contributed by atoms with van der Waals surface area (Å²) in [5, 5.41) is 2.31. The Morgan fingerprint density at radius 2 is 1.38 bits per heavy atom. The van der Waals surface area contributed by atoms with Gasteiger partial charge in [0.05, 0.1) is 0 Å². The summed E-state index contributed by atoms with van der Waals surface area (Å²) in [7, 11) is 1.71. The van der Waals surface area contributed by atoms with Gasteiger partial charge in [-0.15, -0.1) is 11.7 Å². The van der Waals surface area contributed by atoms with Crippen molar-refractivity contribution >= 4 is 22.0 Å². The molecule has 4 rings (SSSR count). The number of rotatable bonds is 4. The van der Waals surface area contributed by atoms with Gasteiger partial charge >= 0.3 is 0 Å². The average Bonchev–Trinajstić information content (AvgIpc) is 2.78. The van der Waals surface area contributed by atoms with Crippen LogP contribution >= 0.6 is 11.2 Å². The summed E-state index contributed by atoms with van der Waals surface area (Å²) in [6.45, 7) is 15.1. The Balaban J connectivity index is 1.97. The van der Waals surface area contributed by atoms with Gasteiger partial charge in [0, 0.05) is 17.2 Å². The second kappa shape index (κ2) is 9.50. The van der Waals surface area contributed by atoms with Crippen LogP contribution in [0.3, 0.4) is 0 Å². The molecular weight excluding hydrogens is 487 g/mol. The number of hydrogen-bond acceptors (Lipinski definition) is 0. The van der Waals surface area contributed by atoms with Crippen LogP contribution in [-0.2, 0) is 18.9 Å². The van der Waals surface area contributed by atoms with Gasteiger partial charge in [0.1, 0.15) is 11.9 Å². The van der Waals surface area contributed by atoms with E-state index in [0.29, 0.717) is 5.56 Å². The van der Waals surface area contributed by atoms with Crippen LogP contribution in [0, 0.1) is 12.3 Å². The first-order valence-electron chi connectivity index (χ1n) is 12.6. The Morgan fingerprint density at radius 3 is 1.92 bits per heavy atom. The quantitative estimate of drug-likeness (QED) is 0.234. The van der Waals surface area contributed by atoms with E-state index in [1.54, 1.807) is 17.7 Å². The molecule has 1 nitrogen and oxygen atoms in total. The zero-order chi connectivity index (χ0) is 27.3. The molecule has 196 valence electrons. The lowest BCUT2D eigenvalue weighted by atomic mass is 9.80. The summed E-state index contributed by atoms with van der Waals surface area (Å²) >= 11 is -5.44. The maximum atomic E-state index is 14.3. The summed E-state index contributed by atoms with van der Waals surface area (Å²) in [6, 6.07) is 19.8. The first kappa shape index (κ1) is 27.3. The fourth-order valence-electron chi connectivity index (χ4n) is 5.12. The van der Waals surface area contributed by atoms with Crippen molar-refractivity contribution < 1.29 is 16.2 Å². The van der Waals surface area contributed by atoms with Crippen molar-refractivity contribution in [3.05, 3.63) is 83.6 Å². The van der Waals surface area contributed by atoms with Crippen molar-refractivity contribution in [2.24, 2.45) is 12.5 Å². The normalized spacial score (nSPS) is 13.3. The number of pyridine rings is 1. The molecule has 5 heteroatoms. The van der Waals surface area contributed by atoms with E-state index >= 15 is 0 Å². The number of halogens is 3. The van der Waals surface area contributed by atoms with Gasteiger partial charge in [0.15, 0.2) is 6.20 Å². The Kier molecular flexibility index (Phi) is 7.00. The minimum Gasteiger partial charge on any atom is -0.200 e. The number of aryl methyl sites for hydroxylation is 2. The third-order valence-electron chi connectivity index (χ3n) is 6.88. The van der Waals surface area contributed by atoms with E-state index in [2.05, 4.69) is 66.7 Å². The smallest absolute Gasteiger partial charge is 0.200 e. The topological polar surface area (TPSA) is 3.88 Å². The van der Waals surface area contributed by atoms with E-state index in [4.69, 9.17) is 0 Å². The molecule has 0 bridgehead atoms. The molecule has 0 saturated heterocycles. The van der Waals surface area contributed by atoms with Crippen LogP contribution in [0.2, 0.25) is 0 Å². The Labute approximate surface area is 221 Å². The lowest BCUT2D eigenvalue weighted by molar-refractivity contribution is -0.662. The molecule has 0 aliphatic heterocycles. The van der Waals surface area contributed by atoms with E-state index in [1.165, 1.54) is 17.1 Å². The molecule has 0 aliphatic rings. The van der Waals surface area contributed by atoms with Gasteiger partial charge in [-0.05, 0) is 63.3 Å². The Morgan fingerprint density at radius 1 is 0.784 bits per heavy atom. The number of benzene rings is 3. The molecular formula is C32H37F3NS+. The highest BCUT2D eigenvalue weighted by atomic mass is 32.3. The van der Waals surface area contributed by atoms with Crippen LogP contribution in [0.15, 0.2) is 71.8 Å². The predicted octanol–water partition coefficient (Wildman–Crippen LogP) is 10.0. The monoisotopic (exact) mass is 524 g/mol. The second-order valence-electron chi connectivity index (χ2n) is 12.3. The number of fused-ring (bicyclic) bond motifs is 1. The van der Waals surface area contributed by atoms with Crippen molar-refractivity contribution in [2.45, 2.75) is 65.2 Å². The highest BCUT2D eigenvalue weighted by Gasteiger charge is 2.34. The Hall–Kier alpha value is -2.79. The summed E-state index contributed by atoms with van der Waals surface area (Å²) in [4.78, 5) is -0.545. The molecule has 0 unspecified atom stereocenters. The third-order valence-corrected chi connectivity index (χ3v) is 7.71. The average molecular weight is 525 g/mol. The van der Waals surface area contributed by atoms with Crippen LogP contribution in [0.25, 0.3) is 33.2 Å². The molecule has 0 amide bonds. The van der Waals surface area contributed by atoms with Crippen molar-refractivity contribution in [3.8, 4) is 22.4 Å². The van der Waals surface area contributed by atoms with E-state index < -0.39 is 16.1 Å². The largest absolute Gasteiger partial charge is 0.244 e. The number of nitrogens with zero attached hydrogens (tertiary/aromatic N) is 1. The number of aromatic nitrogens is 1. The standard InChI is InChI=1S/C32H37F3NS/c1-21-24-11-9-10-12-25(24)28(32(5,6)7)17-26(21)29-18-27(30(20-36(29)8)37(33,34)35)23-15-13-22(14-16-23)19-31(2,3)4/h9-18,20H,19H2,1-8H3/q+1. The third kappa shape index (κ3) is 5.72. The van der Waals surface area contributed by atoms with Gasteiger partial charge in [-0.2, -0.15) is 4.57 Å². The van der Waals surface area contributed by atoms with Gasteiger partial charge in [-0.3, -0.25) is 0 Å². The summed E-state index contributed by atoms with van der Waals surface area (Å²) in [5.41, 5.74) is 5.92. The Bertz CT molecular complexity index is 1450. The number of hydrogen-bond donors (Lipinski definition) is 0. The highest BCUT2D eigenvalue weighted by Crippen LogP contribution is 2.63. The lowest BCUT2D eigenvalue weighted by Crippen LogP contribution is -2.32. The molecule has 0 aliphatic carbocycles. The molecule has 0 saturated carbocycles. The SMILES string of the molecule is Cc1c(-c2cc(-c3ccc(CC(C)(C)C)cc3)c(S(F)(F)F)c[n+]2C)cc(C(C)(C)C)c2ccccc12. The molecule has 0 fully saturated rings. The van der Waals surface area contributed by atoms with Crippen LogP contribution < -0.4 is 4.57 Å². The van der Waals surface area contributed by atoms with Crippen LogP contribution in [0.5, 0.6) is 0 Å². The molecule has 4 aromatic rings. The lowest BCUT2D eigenvalue weighted by Gasteiger charge is -2.24. The van der Waals surface area contributed by atoms with E-state index in [0.717, 1.165) is 34.2 Å². The minimum absolute atomic E-state index is 0.106. The fourth-order valence-corrected chi connectivity index (χ4v) is 5.83. The van der Waals surface area contributed by atoms with Gasteiger partial charge in [-0.25, -0.2) is 0 Å². The maximum Gasteiger partial charge on any atom is 0.244 e. The summed E-state index contributed by atoms with van der Waals surface area (Å²) < 4.78 is 44.6. The van der Waals surface area contributed by atoms with Crippen molar-refractivity contribution in [1.82, 2.24) is 0 Å².